The maximum Gasteiger partial charge on any atom is 0.382 e. The molecular formula is C19H13F2NO3S. The van der Waals surface area contributed by atoms with Crippen LogP contribution in [0.25, 0.3) is 22.3 Å². The Morgan fingerprint density at radius 1 is 0.846 bits per heavy atom. The highest BCUT2D eigenvalue weighted by molar-refractivity contribution is 7.85. The van der Waals surface area contributed by atoms with E-state index < -0.39 is 21.9 Å². The van der Waals surface area contributed by atoms with Gasteiger partial charge in [-0.2, -0.15) is 13.1 Å². The minimum atomic E-state index is -3.82. The Kier molecular flexibility index (Phi) is 3.97. The maximum atomic E-state index is 13.4. The molecule has 0 radical (unpaired) electrons. The molecule has 1 heterocycles. The van der Waals surface area contributed by atoms with Crippen LogP contribution in [-0.4, -0.2) is 8.42 Å². The van der Waals surface area contributed by atoms with Gasteiger partial charge in [0.2, 0.25) is 0 Å². The number of rotatable bonds is 2. The summed E-state index contributed by atoms with van der Waals surface area (Å²) < 4.78 is 57.6. The van der Waals surface area contributed by atoms with Crippen LogP contribution in [0.15, 0.2) is 60.7 Å². The van der Waals surface area contributed by atoms with Crippen molar-refractivity contribution in [1.29, 1.82) is 0 Å². The first kappa shape index (κ1) is 16.7. The molecule has 0 saturated carbocycles. The normalized spacial score (nSPS) is 15.2. The summed E-state index contributed by atoms with van der Waals surface area (Å²) >= 11 is 0. The third-order valence-corrected chi connectivity index (χ3v) is 5.00. The van der Waals surface area contributed by atoms with Gasteiger partial charge >= 0.3 is 10.3 Å². The quantitative estimate of drug-likeness (QED) is 0.738. The first-order chi connectivity index (χ1) is 12.4. The summed E-state index contributed by atoms with van der Waals surface area (Å²) in [6.07, 6.45) is 0. The van der Waals surface area contributed by atoms with E-state index in [1.165, 1.54) is 12.1 Å². The molecule has 132 valence electrons. The molecule has 4 rings (SSSR count). The molecule has 4 nitrogen and oxygen atoms in total. The van der Waals surface area contributed by atoms with Crippen molar-refractivity contribution in [1.82, 2.24) is 4.72 Å². The van der Waals surface area contributed by atoms with Gasteiger partial charge in [-0.15, -0.1) is 0 Å². The molecule has 7 heteroatoms. The van der Waals surface area contributed by atoms with Crippen LogP contribution < -0.4 is 8.91 Å². The number of nitrogens with one attached hydrogen (secondary N) is 1. The summed E-state index contributed by atoms with van der Waals surface area (Å²) in [7, 11) is -3.82. The van der Waals surface area contributed by atoms with Crippen molar-refractivity contribution < 1.29 is 21.4 Å². The fraction of sp³-hybridized carbons (Fsp3) is 0.0526. The topological polar surface area (TPSA) is 55.4 Å². The van der Waals surface area contributed by atoms with E-state index in [0.717, 1.165) is 17.2 Å². The molecule has 0 bridgehead atoms. The van der Waals surface area contributed by atoms with Crippen LogP contribution in [0.2, 0.25) is 0 Å². The van der Waals surface area contributed by atoms with Crippen LogP contribution in [-0.2, 0) is 16.8 Å². The minimum Gasteiger partial charge on any atom is -0.370 e. The Balaban J connectivity index is 1.75. The van der Waals surface area contributed by atoms with Crippen LogP contribution >= 0.6 is 0 Å². The number of benzene rings is 3. The summed E-state index contributed by atoms with van der Waals surface area (Å²) in [4.78, 5) is 0. The van der Waals surface area contributed by atoms with E-state index in [2.05, 4.69) is 4.72 Å². The van der Waals surface area contributed by atoms with Gasteiger partial charge in [0.1, 0.15) is 11.6 Å². The Labute approximate surface area is 149 Å². The molecule has 0 aromatic heterocycles. The molecule has 0 amide bonds. The zero-order valence-electron chi connectivity index (χ0n) is 13.4. The van der Waals surface area contributed by atoms with E-state index in [-0.39, 0.29) is 12.3 Å². The smallest absolute Gasteiger partial charge is 0.370 e. The van der Waals surface area contributed by atoms with Gasteiger partial charge in [-0.3, -0.25) is 0 Å². The molecule has 1 aliphatic heterocycles. The van der Waals surface area contributed by atoms with Crippen molar-refractivity contribution >= 4 is 10.3 Å². The van der Waals surface area contributed by atoms with E-state index in [4.69, 9.17) is 4.18 Å². The fourth-order valence-electron chi connectivity index (χ4n) is 2.92. The molecule has 1 N–H and O–H groups in total. The third kappa shape index (κ3) is 3.18. The lowest BCUT2D eigenvalue weighted by molar-refractivity contribution is 0.454. The van der Waals surface area contributed by atoms with Crippen LogP contribution in [0.1, 0.15) is 5.56 Å². The summed E-state index contributed by atoms with van der Waals surface area (Å²) in [5.74, 6) is -1.00. The maximum absolute atomic E-state index is 13.4. The van der Waals surface area contributed by atoms with E-state index in [0.29, 0.717) is 16.7 Å². The Morgan fingerprint density at radius 3 is 2.19 bits per heavy atom. The van der Waals surface area contributed by atoms with Crippen molar-refractivity contribution in [2.24, 2.45) is 0 Å². The molecule has 0 atom stereocenters. The summed E-state index contributed by atoms with van der Waals surface area (Å²) in [6, 6.07) is 15.6. The van der Waals surface area contributed by atoms with Gasteiger partial charge in [-0.1, -0.05) is 42.5 Å². The highest BCUT2D eigenvalue weighted by atomic mass is 32.2. The van der Waals surface area contributed by atoms with Crippen LogP contribution in [0.4, 0.5) is 8.78 Å². The van der Waals surface area contributed by atoms with Crippen LogP contribution in [0.3, 0.4) is 0 Å². The second-order valence-electron chi connectivity index (χ2n) is 5.89. The van der Waals surface area contributed by atoms with Gasteiger partial charge in [-0.25, -0.2) is 8.78 Å². The van der Waals surface area contributed by atoms with E-state index in [1.807, 2.05) is 6.07 Å². The number of para-hydroxylation sites is 1. The van der Waals surface area contributed by atoms with E-state index >= 15 is 0 Å². The monoisotopic (exact) mass is 373 g/mol. The Hall–Kier alpha value is -2.77. The van der Waals surface area contributed by atoms with Crippen molar-refractivity contribution in [3.63, 3.8) is 0 Å². The molecule has 26 heavy (non-hydrogen) atoms. The lowest BCUT2D eigenvalue weighted by Gasteiger charge is -2.20. The summed E-state index contributed by atoms with van der Waals surface area (Å²) in [6.45, 7) is 0.159. The fourth-order valence-corrected chi connectivity index (χ4v) is 3.73. The largest absolute Gasteiger partial charge is 0.382 e. The lowest BCUT2D eigenvalue weighted by Crippen LogP contribution is -2.32. The highest BCUT2D eigenvalue weighted by Crippen LogP contribution is 2.36. The second kappa shape index (κ2) is 6.19. The van der Waals surface area contributed by atoms with Gasteiger partial charge in [0.05, 0.1) is 0 Å². The lowest BCUT2D eigenvalue weighted by atomic mass is 9.98. The van der Waals surface area contributed by atoms with Crippen molar-refractivity contribution in [2.75, 3.05) is 0 Å². The number of fused-ring (bicyclic) bond motifs is 1. The molecule has 0 aliphatic carbocycles. The van der Waals surface area contributed by atoms with Crippen molar-refractivity contribution in [2.45, 2.75) is 6.54 Å². The van der Waals surface area contributed by atoms with Gasteiger partial charge in [-0.05, 0) is 28.8 Å². The minimum absolute atomic E-state index is 0.159. The second-order valence-corrected chi connectivity index (χ2v) is 7.25. The molecule has 0 fully saturated rings. The molecule has 1 aliphatic rings. The van der Waals surface area contributed by atoms with Gasteiger partial charge < -0.3 is 4.18 Å². The average molecular weight is 373 g/mol. The zero-order chi connectivity index (χ0) is 18.3. The van der Waals surface area contributed by atoms with Crippen LogP contribution in [0.5, 0.6) is 5.75 Å². The molecule has 3 aromatic carbocycles. The van der Waals surface area contributed by atoms with Gasteiger partial charge in [0.25, 0.3) is 0 Å². The predicted molar refractivity (Wildman–Crippen MR) is 93.6 cm³/mol. The van der Waals surface area contributed by atoms with E-state index in [9.17, 15) is 17.2 Å². The summed E-state index contributed by atoms with van der Waals surface area (Å²) in [5.41, 5.74) is 3.16. The Morgan fingerprint density at radius 2 is 1.50 bits per heavy atom. The number of hydrogen-bond donors (Lipinski definition) is 1. The van der Waals surface area contributed by atoms with E-state index in [1.54, 1.807) is 36.4 Å². The first-order valence-electron chi connectivity index (χ1n) is 7.79. The third-order valence-electron chi connectivity index (χ3n) is 4.12. The van der Waals surface area contributed by atoms with Crippen LogP contribution in [0, 0.1) is 11.6 Å². The summed E-state index contributed by atoms with van der Waals surface area (Å²) in [5, 5.41) is 0. The Bertz CT molecular complexity index is 1080. The molecule has 0 unspecified atom stereocenters. The highest BCUT2D eigenvalue weighted by Gasteiger charge is 2.24. The van der Waals surface area contributed by atoms with Crippen molar-refractivity contribution in [3.8, 4) is 28.0 Å². The molecule has 0 spiro atoms. The molecule has 0 saturated heterocycles. The van der Waals surface area contributed by atoms with Gasteiger partial charge in [0.15, 0.2) is 5.75 Å². The average Bonchev–Trinajstić information content (AvgIpc) is 2.60. The number of hydrogen-bond acceptors (Lipinski definition) is 3. The number of halogens is 2. The zero-order valence-corrected chi connectivity index (χ0v) is 14.2. The molecule has 3 aromatic rings. The standard InChI is InChI=1S/C19H13F2NO3S/c20-16-8-15(9-17(21)10-16)12-4-6-13(7-5-12)18-3-1-2-14-11-22-26(23,24)25-19(14)18/h1-10,22H,11H2. The first-order valence-corrected chi connectivity index (χ1v) is 9.20. The molecular weight excluding hydrogens is 360 g/mol. The predicted octanol–water partition coefficient (Wildman–Crippen LogP) is 4.03. The van der Waals surface area contributed by atoms with Gasteiger partial charge in [0, 0.05) is 23.7 Å². The SMILES string of the molecule is O=S1(=O)NCc2cccc(-c3ccc(-c4cc(F)cc(F)c4)cc3)c2O1. The van der Waals surface area contributed by atoms with Crippen molar-refractivity contribution in [3.05, 3.63) is 77.9 Å².